The van der Waals surface area contributed by atoms with Gasteiger partial charge in [0.15, 0.2) is 0 Å². The Bertz CT molecular complexity index is 484. The summed E-state index contributed by atoms with van der Waals surface area (Å²) < 4.78 is 6.39. The maximum Gasteiger partial charge on any atom is 0.330 e. The van der Waals surface area contributed by atoms with Gasteiger partial charge in [0, 0.05) is 17.7 Å². The summed E-state index contributed by atoms with van der Waals surface area (Å²) in [6.07, 6.45) is 6.64. The average molecular weight is 208 g/mol. The molecule has 0 bridgehead atoms. The number of methoxy groups -OCH3 is 1. The molecule has 5 heteroatoms. The van der Waals surface area contributed by atoms with Crippen LogP contribution in [0.25, 0.3) is 10.9 Å². The lowest BCUT2D eigenvalue weighted by molar-refractivity contribution is -0.134. The second-order valence-corrected chi connectivity index (χ2v) is 3.50. The van der Waals surface area contributed by atoms with Crippen molar-refractivity contribution in [1.82, 2.24) is 9.38 Å². The van der Waals surface area contributed by atoms with Crippen LogP contribution in [0.1, 0.15) is 5.69 Å². The number of hydrogen-bond donors (Lipinski definition) is 0. The smallest absolute Gasteiger partial charge is 0.330 e. The molecule has 0 aliphatic rings. The molecule has 0 aromatic carbocycles. The monoisotopic (exact) mass is 208 g/mol. The third-order valence-corrected chi connectivity index (χ3v) is 2.66. The molecule has 72 valence electrons. The van der Waals surface area contributed by atoms with Crippen LogP contribution in [0.3, 0.4) is 0 Å². The molecule has 0 radical (unpaired) electrons. The molecular weight excluding hydrogens is 200 g/mol. The number of hydrogen-bond acceptors (Lipinski definition) is 4. The number of esters is 1. The van der Waals surface area contributed by atoms with E-state index in [0.29, 0.717) is 0 Å². The Labute approximate surface area is 84.5 Å². The van der Waals surface area contributed by atoms with Gasteiger partial charge in [0.2, 0.25) is 0 Å². The highest BCUT2D eigenvalue weighted by atomic mass is 32.1. The highest BCUT2D eigenvalue weighted by Gasteiger charge is 2.02. The van der Waals surface area contributed by atoms with E-state index in [4.69, 9.17) is 0 Å². The highest BCUT2D eigenvalue weighted by molar-refractivity contribution is 7.15. The highest BCUT2D eigenvalue weighted by Crippen LogP contribution is 2.16. The van der Waals surface area contributed by atoms with Gasteiger partial charge in [-0.05, 0) is 6.08 Å². The second-order valence-electron chi connectivity index (χ2n) is 2.60. The van der Waals surface area contributed by atoms with Crippen molar-refractivity contribution in [2.75, 3.05) is 7.11 Å². The largest absolute Gasteiger partial charge is 0.466 e. The summed E-state index contributed by atoms with van der Waals surface area (Å²) in [6.45, 7) is 0. The molecule has 0 aliphatic carbocycles. The summed E-state index contributed by atoms with van der Waals surface area (Å²) in [5.41, 5.74) is 0.783. The first-order chi connectivity index (χ1) is 6.81. The third-order valence-electron chi connectivity index (χ3n) is 1.75. The van der Waals surface area contributed by atoms with Gasteiger partial charge in [-0.1, -0.05) is 0 Å². The molecule has 0 atom stereocenters. The van der Waals surface area contributed by atoms with Crippen molar-refractivity contribution in [1.29, 1.82) is 0 Å². The van der Waals surface area contributed by atoms with E-state index in [0.717, 1.165) is 10.5 Å². The fourth-order valence-electron chi connectivity index (χ4n) is 1.08. The second kappa shape index (κ2) is 3.63. The van der Waals surface area contributed by atoms with E-state index in [2.05, 4.69) is 9.72 Å². The molecular formula is C9H8N2O2S. The Morgan fingerprint density at radius 1 is 1.71 bits per heavy atom. The molecule has 14 heavy (non-hydrogen) atoms. The zero-order valence-corrected chi connectivity index (χ0v) is 8.32. The van der Waals surface area contributed by atoms with Crippen LogP contribution in [0.2, 0.25) is 0 Å². The normalized spacial score (nSPS) is 11.2. The van der Waals surface area contributed by atoms with E-state index in [9.17, 15) is 4.79 Å². The zero-order valence-electron chi connectivity index (χ0n) is 7.51. The summed E-state index contributed by atoms with van der Waals surface area (Å²) in [7, 11) is 1.35. The van der Waals surface area contributed by atoms with Crippen molar-refractivity contribution in [3.8, 4) is 0 Å². The lowest BCUT2D eigenvalue weighted by atomic mass is 10.4. The van der Waals surface area contributed by atoms with Crippen LogP contribution in [0.4, 0.5) is 0 Å². The van der Waals surface area contributed by atoms with Crippen molar-refractivity contribution in [2.24, 2.45) is 0 Å². The summed E-state index contributed by atoms with van der Waals surface area (Å²) in [4.78, 5) is 16.0. The Morgan fingerprint density at radius 2 is 2.57 bits per heavy atom. The van der Waals surface area contributed by atoms with Crippen LogP contribution in [0.5, 0.6) is 0 Å². The van der Waals surface area contributed by atoms with Gasteiger partial charge in [-0.25, -0.2) is 9.78 Å². The molecule has 0 amide bonds. The Balaban J connectivity index is 2.31. The molecule has 4 nitrogen and oxygen atoms in total. The number of fused-ring (bicyclic) bond motifs is 1. The molecule has 0 fully saturated rings. The molecule has 0 spiro atoms. The van der Waals surface area contributed by atoms with Crippen LogP contribution in [-0.2, 0) is 9.53 Å². The quantitative estimate of drug-likeness (QED) is 0.556. The summed E-state index contributed by atoms with van der Waals surface area (Å²) in [5.74, 6) is -0.372. The van der Waals surface area contributed by atoms with Crippen molar-refractivity contribution in [3.63, 3.8) is 0 Å². The fourth-order valence-corrected chi connectivity index (χ4v) is 1.87. The predicted octanol–water partition coefficient (Wildman–Crippen LogP) is 1.58. The van der Waals surface area contributed by atoms with Gasteiger partial charge >= 0.3 is 5.97 Å². The molecule has 2 rings (SSSR count). The van der Waals surface area contributed by atoms with Crippen molar-refractivity contribution in [2.45, 2.75) is 0 Å². The number of carbonyl (C=O) groups excluding carboxylic acids is 1. The van der Waals surface area contributed by atoms with Crippen LogP contribution < -0.4 is 0 Å². The van der Waals surface area contributed by atoms with Gasteiger partial charge in [-0.2, -0.15) is 0 Å². The standard InChI is InChI=1S/C9H8N2O2S/c1-13-8(12)3-2-7-9-11(6-10-7)4-5-14-9/h2-6H,1H3/b3-2+. The number of aromatic nitrogens is 2. The minimum absolute atomic E-state index is 0.372. The number of nitrogens with zero attached hydrogens (tertiary/aromatic N) is 2. The average Bonchev–Trinajstić information content (AvgIpc) is 2.76. The molecule has 0 saturated heterocycles. The number of imidazole rings is 1. The lowest BCUT2D eigenvalue weighted by Crippen LogP contribution is -1.93. The minimum atomic E-state index is -0.372. The first kappa shape index (κ1) is 8.96. The van der Waals surface area contributed by atoms with Gasteiger partial charge < -0.3 is 4.74 Å². The molecule has 2 aromatic heterocycles. The molecule has 0 saturated carbocycles. The summed E-state index contributed by atoms with van der Waals surface area (Å²) >= 11 is 1.58. The van der Waals surface area contributed by atoms with E-state index < -0.39 is 0 Å². The van der Waals surface area contributed by atoms with Gasteiger partial charge in [0.25, 0.3) is 0 Å². The van der Waals surface area contributed by atoms with Crippen LogP contribution in [-0.4, -0.2) is 22.5 Å². The van der Waals surface area contributed by atoms with Gasteiger partial charge in [0.05, 0.1) is 12.8 Å². The summed E-state index contributed by atoms with van der Waals surface area (Å²) in [5, 5.41) is 1.96. The molecule has 0 unspecified atom stereocenters. The Morgan fingerprint density at radius 3 is 3.36 bits per heavy atom. The molecule has 2 heterocycles. The van der Waals surface area contributed by atoms with E-state index >= 15 is 0 Å². The lowest BCUT2D eigenvalue weighted by Gasteiger charge is -1.88. The van der Waals surface area contributed by atoms with Crippen LogP contribution in [0.15, 0.2) is 24.0 Å². The van der Waals surface area contributed by atoms with Gasteiger partial charge in [-0.15, -0.1) is 11.3 Å². The molecule has 0 N–H and O–H groups in total. The molecule has 0 aliphatic heterocycles. The number of rotatable bonds is 2. The predicted molar refractivity (Wildman–Crippen MR) is 54.1 cm³/mol. The van der Waals surface area contributed by atoms with Crippen molar-refractivity contribution >= 4 is 28.2 Å². The third kappa shape index (κ3) is 1.54. The Kier molecular flexibility index (Phi) is 2.32. The van der Waals surface area contributed by atoms with E-state index in [-0.39, 0.29) is 5.97 Å². The van der Waals surface area contributed by atoms with Crippen LogP contribution >= 0.6 is 11.3 Å². The first-order valence-electron chi connectivity index (χ1n) is 3.97. The van der Waals surface area contributed by atoms with Crippen molar-refractivity contribution in [3.05, 3.63) is 29.7 Å². The maximum atomic E-state index is 10.8. The Hall–Kier alpha value is -1.62. The molecule has 2 aromatic rings. The topological polar surface area (TPSA) is 43.6 Å². The summed E-state index contributed by atoms with van der Waals surface area (Å²) in [6, 6.07) is 0. The van der Waals surface area contributed by atoms with Gasteiger partial charge in [0.1, 0.15) is 11.2 Å². The van der Waals surface area contributed by atoms with E-state index in [1.807, 2.05) is 16.0 Å². The van der Waals surface area contributed by atoms with E-state index in [1.165, 1.54) is 13.2 Å². The zero-order chi connectivity index (χ0) is 9.97. The SMILES string of the molecule is COC(=O)/C=C/c1ncn2ccsc12. The minimum Gasteiger partial charge on any atom is -0.466 e. The number of thiazole rings is 1. The van der Waals surface area contributed by atoms with Crippen LogP contribution in [0, 0.1) is 0 Å². The maximum absolute atomic E-state index is 10.8. The van der Waals surface area contributed by atoms with Crippen molar-refractivity contribution < 1.29 is 9.53 Å². The van der Waals surface area contributed by atoms with E-state index in [1.54, 1.807) is 23.7 Å². The first-order valence-corrected chi connectivity index (χ1v) is 4.85. The number of carbonyl (C=O) groups is 1. The fraction of sp³-hybridized carbons (Fsp3) is 0.111. The van der Waals surface area contributed by atoms with Gasteiger partial charge in [-0.3, -0.25) is 4.40 Å². The number of ether oxygens (including phenoxy) is 1.